The summed E-state index contributed by atoms with van der Waals surface area (Å²) in [7, 11) is 0. The quantitative estimate of drug-likeness (QED) is 0.753. The highest BCUT2D eigenvalue weighted by atomic mass is 15.2. The van der Waals surface area contributed by atoms with Gasteiger partial charge in [-0.15, -0.1) is 0 Å². The highest BCUT2D eigenvalue weighted by Gasteiger charge is 2.26. The largest absolute Gasteiger partial charge is 0.326 e. The van der Waals surface area contributed by atoms with Crippen LogP contribution in [0.3, 0.4) is 0 Å². The molecule has 0 radical (unpaired) electrons. The Bertz CT molecular complexity index is 158. The van der Waals surface area contributed by atoms with Crippen molar-refractivity contribution in [3.8, 4) is 0 Å². The van der Waals surface area contributed by atoms with E-state index in [9.17, 15) is 0 Å². The topological polar surface area (TPSA) is 29.3 Å². The highest BCUT2D eigenvalue weighted by molar-refractivity contribution is 4.83. The van der Waals surface area contributed by atoms with E-state index in [0.717, 1.165) is 18.6 Å². The minimum absolute atomic E-state index is 0.331. The van der Waals surface area contributed by atoms with Crippen molar-refractivity contribution in [2.75, 3.05) is 6.54 Å². The van der Waals surface area contributed by atoms with E-state index in [1.807, 2.05) is 0 Å². The summed E-state index contributed by atoms with van der Waals surface area (Å²) < 4.78 is 0. The molecular formula is C12H26N2. The van der Waals surface area contributed by atoms with Crippen molar-refractivity contribution in [3.05, 3.63) is 0 Å². The fourth-order valence-corrected chi connectivity index (χ4v) is 2.29. The van der Waals surface area contributed by atoms with Crippen LogP contribution in [0, 0.1) is 5.92 Å². The maximum absolute atomic E-state index is 6.13. The van der Waals surface area contributed by atoms with Crippen LogP contribution in [0.1, 0.15) is 47.0 Å². The van der Waals surface area contributed by atoms with E-state index in [0.29, 0.717) is 12.0 Å². The normalized spacial score (nSPS) is 32.1. The van der Waals surface area contributed by atoms with Gasteiger partial charge in [0.1, 0.15) is 0 Å². The third kappa shape index (κ3) is 2.96. The molecule has 84 valence electrons. The molecule has 2 nitrogen and oxygen atoms in total. The van der Waals surface area contributed by atoms with E-state index in [4.69, 9.17) is 5.73 Å². The van der Waals surface area contributed by atoms with Crippen LogP contribution in [0.15, 0.2) is 0 Å². The Morgan fingerprint density at radius 1 is 1.21 bits per heavy atom. The van der Waals surface area contributed by atoms with Crippen LogP contribution in [0.4, 0.5) is 0 Å². The van der Waals surface area contributed by atoms with Gasteiger partial charge in [-0.2, -0.15) is 0 Å². The fourth-order valence-electron chi connectivity index (χ4n) is 2.29. The molecule has 1 fully saturated rings. The Morgan fingerprint density at radius 2 is 1.71 bits per heavy atom. The first kappa shape index (κ1) is 12.0. The van der Waals surface area contributed by atoms with E-state index < -0.39 is 0 Å². The Morgan fingerprint density at radius 3 is 2.14 bits per heavy atom. The molecular weight excluding hydrogens is 172 g/mol. The van der Waals surface area contributed by atoms with Crippen LogP contribution in [0.2, 0.25) is 0 Å². The molecule has 1 heterocycles. The summed E-state index contributed by atoms with van der Waals surface area (Å²) in [5, 5.41) is 0. The average Bonchev–Trinajstić information content (AvgIpc) is 2.11. The van der Waals surface area contributed by atoms with Crippen LogP contribution < -0.4 is 5.73 Å². The van der Waals surface area contributed by atoms with Gasteiger partial charge in [0.2, 0.25) is 0 Å². The molecule has 0 aliphatic carbocycles. The zero-order valence-electron chi connectivity index (χ0n) is 10.2. The van der Waals surface area contributed by atoms with Crippen molar-refractivity contribution in [3.63, 3.8) is 0 Å². The predicted octanol–water partition coefficient (Wildman–Crippen LogP) is 2.23. The van der Waals surface area contributed by atoms with Gasteiger partial charge in [-0.3, -0.25) is 4.90 Å². The summed E-state index contributed by atoms with van der Waals surface area (Å²) in [6.45, 7) is 10.2. The van der Waals surface area contributed by atoms with Gasteiger partial charge in [0, 0.05) is 24.7 Å². The van der Waals surface area contributed by atoms with Gasteiger partial charge in [-0.05, 0) is 32.6 Å². The minimum Gasteiger partial charge on any atom is -0.326 e. The smallest absolute Gasteiger partial charge is 0.0191 e. The predicted molar refractivity (Wildman–Crippen MR) is 62.3 cm³/mol. The summed E-state index contributed by atoms with van der Waals surface area (Å²) in [4.78, 5) is 2.59. The van der Waals surface area contributed by atoms with Crippen LogP contribution in [-0.2, 0) is 0 Å². The molecule has 0 amide bonds. The molecule has 1 aliphatic rings. The molecule has 0 aromatic carbocycles. The molecule has 14 heavy (non-hydrogen) atoms. The second-order valence-electron chi connectivity index (χ2n) is 5.23. The average molecular weight is 198 g/mol. The molecule has 2 heteroatoms. The molecule has 1 aliphatic heterocycles. The lowest BCUT2D eigenvalue weighted by Gasteiger charge is -2.41. The zero-order valence-corrected chi connectivity index (χ0v) is 10.2. The summed E-state index contributed by atoms with van der Waals surface area (Å²) >= 11 is 0. The molecule has 0 spiro atoms. The lowest BCUT2D eigenvalue weighted by Crippen LogP contribution is -2.50. The molecule has 2 N–H and O–H groups in total. The number of rotatable bonds is 3. The molecule has 0 aromatic heterocycles. The van der Waals surface area contributed by atoms with Crippen molar-refractivity contribution >= 4 is 0 Å². The molecule has 2 unspecified atom stereocenters. The second-order valence-corrected chi connectivity index (χ2v) is 5.23. The summed E-state index contributed by atoms with van der Waals surface area (Å²) in [6, 6.07) is 1.78. The monoisotopic (exact) mass is 198 g/mol. The Labute approximate surface area is 88.8 Å². The van der Waals surface area contributed by atoms with Gasteiger partial charge < -0.3 is 5.73 Å². The lowest BCUT2D eigenvalue weighted by molar-refractivity contribution is 0.0901. The van der Waals surface area contributed by atoms with Gasteiger partial charge in [-0.1, -0.05) is 20.3 Å². The van der Waals surface area contributed by atoms with Crippen molar-refractivity contribution in [1.29, 1.82) is 0 Å². The number of hydrogen-bond acceptors (Lipinski definition) is 2. The first-order valence-electron chi connectivity index (χ1n) is 6.03. The maximum Gasteiger partial charge on any atom is 0.0191 e. The minimum atomic E-state index is 0.331. The zero-order chi connectivity index (χ0) is 10.7. The number of nitrogens with zero attached hydrogens (tertiary/aromatic N) is 1. The third-order valence-electron chi connectivity index (χ3n) is 3.65. The Kier molecular flexibility index (Phi) is 4.39. The van der Waals surface area contributed by atoms with Gasteiger partial charge in [0.25, 0.3) is 0 Å². The first-order chi connectivity index (χ1) is 6.52. The number of nitrogens with two attached hydrogens (primary N) is 1. The van der Waals surface area contributed by atoms with E-state index in [1.165, 1.54) is 19.3 Å². The lowest BCUT2D eigenvalue weighted by atomic mass is 9.95. The molecule has 1 saturated heterocycles. The summed E-state index contributed by atoms with van der Waals surface area (Å²) in [5.41, 5.74) is 6.13. The molecule has 0 saturated carbocycles. The van der Waals surface area contributed by atoms with Crippen LogP contribution in [0.25, 0.3) is 0 Å². The SMILES string of the molecule is CC(C)[C@H](N)CN1C(C)CCCC1C. The maximum atomic E-state index is 6.13. The van der Waals surface area contributed by atoms with Crippen LogP contribution >= 0.6 is 0 Å². The third-order valence-corrected chi connectivity index (χ3v) is 3.65. The van der Waals surface area contributed by atoms with Gasteiger partial charge in [0.15, 0.2) is 0 Å². The van der Waals surface area contributed by atoms with E-state index >= 15 is 0 Å². The van der Waals surface area contributed by atoms with E-state index in [-0.39, 0.29) is 0 Å². The standard InChI is InChI=1S/C12H26N2/c1-9(2)12(13)8-14-10(3)6-5-7-11(14)4/h9-12H,5-8,13H2,1-4H3/t10?,11?,12-/m1/s1. The van der Waals surface area contributed by atoms with Crippen LogP contribution in [-0.4, -0.2) is 29.6 Å². The van der Waals surface area contributed by atoms with Gasteiger partial charge >= 0.3 is 0 Å². The van der Waals surface area contributed by atoms with Crippen LogP contribution in [0.5, 0.6) is 0 Å². The highest BCUT2D eigenvalue weighted by Crippen LogP contribution is 2.22. The summed E-state index contributed by atoms with van der Waals surface area (Å²) in [6.07, 6.45) is 4.07. The van der Waals surface area contributed by atoms with Crippen molar-refractivity contribution in [1.82, 2.24) is 4.90 Å². The van der Waals surface area contributed by atoms with Crippen molar-refractivity contribution in [2.24, 2.45) is 11.7 Å². The Balaban J connectivity index is 2.47. The first-order valence-corrected chi connectivity index (χ1v) is 6.03. The number of piperidine rings is 1. The number of likely N-dealkylation sites (tertiary alicyclic amines) is 1. The van der Waals surface area contributed by atoms with E-state index in [2.05, 4.69) is 32.6 Å². The summed E-state index contributed by atoms with van der Waals surface area (Å²) in [5.74, 6) is 0.594. The molecule has 1 rings (SSSR count). The molecule has 0 aromatic rings. The van der Waals surface area contributed by atoms with Gasteiger partial charge in [-0.25, -0.2) is 0 Å². The van der Waals surface area contributed by atoms with Crippen molar-refractivity contribution in [2.45, 2.75) is 65.1 Å². The molecule has 3 atom stereocenters. The number of hydrogen-bond donors (Lipinski definition) is 1. The Hall–Kier alpha value is -0.0800. The second kappa shape index (κ2) is 5.13. The van der Waals surface area contributed by atoms with E-state index in [1.54, 1.807) is 0 Å². The fraction of sp³-hybridized carbons (Fsp3) is 1.00. The van der Waals surface area contributed by atoms with Gasteiger partial charge in [0.05, 0.1) is 0 Å². The van der Waals surface area contributed by atoms with Crippen molar-refractivity contribution < 1.29 is 0 Å². The molecule has 0 bridgehead atoms.